The molecule has 1 unspecified atom stereocenters. The van der Waals surface area contributed by atoms with E-state index in [2.05, 4.69) is 15.1 Å². The molecule has 1 aliphatic rings. The number of ether oxygens (including phenoxy) is 1. The lowest BCUT2D eigenvalue weighted by atomic mass is 10.0. The quantitative estimate of drug-likeness (QED) is 0.573. The molecule has 0 aromatic carbocycles. The van der Waals surface area contributed by atoms with Crippen LogP contribution in [0.1, 0.15) is 36.8 Å². The number of anilines is 1. The van der Waals surface area contributed by atoms with Crippen LogP contribution in [0.5, 0.6) is 5.88 Å². The Morgan fingerprint density at radius 3 is 2.84 bits per heavy atom. The van der Waals surface area contributed by atoms with E-state index in [9.17, 15) is 4.79 Å². The number of rotatable bonds is 7. The van der Waals surface area contributed by atoms with Gasteiger partial charge in [0.05, 0.1) is 18.8 Å². The smallest absolute Gasteiger partial charge is 0.254 e. The maximum atomic E-state index is 13.1. The predicted octanol–water partition coefficient (Wildman–Crippen LogP) is 2.90. The molecular weight excluding hydrogens is 396 g/mol. The number of nitrogens with zero attached hydrogens (tertiary/aromatic N) is 6. The van der Waals surface area contributed by atoms with Crippen LogP contribution in [0.3, 0.4) is 0 Å². The van der Waals surface area contributed by atoms with Gasteiger partial charge in [0.2, 0.25) is 11.9 Å². The molecule has 9 heteroatoms. The normalized spacial score (nSPS) is 15.8. The van der Waals surface area contributed by atoms with Crippen LogP contribution in [-0.2, 0) is 11.2 Å². The van der Waals surface area contributed by atoms with Crippen LogP contribution in [0.25, 0.3) is 11.1 Å². The third-order valence-electron chi connectivity index (χ3n) is 5.42. The first-order chi connectivity index (χ1) is 15.1. The van der Waals surface area contributed by atoms with Gasteiger partial charge in [-0.2, -0.15) is 0 Å². The van der Waals surface area contributed by atoms with E-state index < -0.39 is 0 Å². The van der Waals surface area contributed by atoms with Gasteiger partial charge in [0.15, 0.2) is 0 Å². The Bertz CT molecular complexity index is 1040. The Hall–Kier alpha value is -3.49. The first kappa shape index (κ1) is 20.8. The molecule has 3 aromatic heterocycles. The SMILES string of the molecule is COc1cc(CCC(=O)N2CCCC2c2nc(N(C)C)ncc2-c2ccncc2)on1. The van der Waals surface area contributed by atoms with Gasteiger partial charge in [-0.15, -0.1) is 0 Å². The number of aromatic nitrogens is 4. The second-order valence-corrected chi connectivity index (χ2v) is 7.68. The topological polar surface area (TPSA) is 97.5 Å². The Labute approximate surface area is 181 Å². The van der Waals surface area contributed by atoms with Crippen LogP contribution < -0.4 is 9.64 Å². The minimum absolute atomic E-state index is 0.0727. The molecule has 3 aromatic rings. The fourth-order valence-electron chi connectivity index (χ4n) is 3.84. The predicted molar refractivity (Wildman–Crippen MR) is 115 cm³/mol. The van der Waals surface area contributed by atoms with Crippen LogP contribution in [0, 0.1) is 0 Å². The Morgan fingerprint density at radius 1 is 1.32 bits per heavy atom. The van der Waals surface area contributed by atoms with Crippen LogP contribution in [-0.4, -0.2) is 58.7 Å². The summed E-state index contributed by atoms with van der Waals surface area (Å²) < 4.78 is 10.3. The molecule has 0 radical (unpaired) electrons. The highest BCUT2D eigenvalue weighted by atomic mass is 16.5. The summed E-state index contributed by atoms with van der Waals surface area (Å²) in [5.41, 5.74) is 2.79. The van der Waals surface area contributed by atoms with Gasteiger partial charge in [-0.3, -0.25) is 9.78 Å². The van der Waals surface area contributed by atoms with Crippen molar-refractivity contribution in [1.82, 2.24) is 25.0 Å². The highest BCUT2D eigenvalue weighted by molar-refractivity contribution is 5.78. The number of amides is 1. The van der Waals surface area contributed by atoms with Gasteiger partial charge in [-0.25, -0.2) is 9.97 Å². The number of hydrogen-bond donors (Lipinski definition) is 0. The zero-order valence-electron chi connectivity index (χ0n) is 18.0. The molecule has 0 spiro atoms. The monoisotopic (exact) mass is 422 g/mol. The molecule has 0 saturated carbocycles. The minimum atomic E-state index is -0.0957. The Kier molecular flexibility index (Phi) is 6.11. The van der Waals surface area contributed by atoms with Crippen molar-refractivity contribution in [3.05, 3.63) is 48.2 Å². The van der Waals surface area contributed by atoms with Crippen molar-refractivity contribution in [3.8, 4) is 17.0 Å². The van der Waals surface area contributed by atoms with E-state index in [-0.39, 0.29) is 11.9 Å². The average Bonchev–Trinajstić information content (AvgIpc) is 3.47. The lowest BCUT2D eigenvalue weighted by Gasteiger charge is -2.27. The first-order valence-corrected chi connectivity index (χ1v) is 10.3. The van der Waals surface area contributed by atoms with E-state index in [0.29, 0.717) is 37.0 Å². The number of methoxy groups -OCH3 is 1. The zero-order valence-corrected chi connectivity index (χ0v) is 18.0. The van der Waals surface area contributed by atoms with E-state index in [4.69, 9.17) is 14.2 Å². The summed E-state index contributed by atoms with van der Waals surface area (Å²) in [4.78, 5) is 30.4. The minimum Gasteiger partial charge on any atom is -0.479 e. The summed E-state index contributed by atoms with van der Waals surface area (Å²) >= 11 is 0. The third-order valence-corrected chi connectivity index (χ3v) is 5.42. The highest BCUT2D eigenvalue weighted by Gasteiger charge is 2.33. The fourth-order valence-corrected chi connectivity index (χ4v) is 3.84. The number of aryl methyl sites for hydroxylation is 1. The van der Waals surface area contributed by atoms with Gasteiger partial charge >= 0.3 is 0 Å². The van der Waals surface area contributed by atoms with Gasteiger partial charge in [-0.1, -0.05) is 0 Å². The van der Waals surface area contributed by atoms with Gasteiger partial charge in [-0.05, 0) is 35.7 Å². The molecular formula is C22H26N6O3. The van der Waals surface area contributed by atoms with E-state index >= 15 is 0 Å². The molecule has 1 saturated heterocycles. The van der Waals surface area contributed by atoms with E-state index in [1.165, 1.54) is 7.11 Å². The maximum absolute atomic E-state index is 13.1. The Balaban J connectivity index is 1.59. The molecule has 4 rings (SSSR count). The van der Waals surface area contributed by atoms with Crippen LogP contribution in [0.2, 0.25) is 0 Å². The summed E-state index contributed by atoms with van der Waals surface area (Å²) in [5.74, 6) is 1.75. The third kappa shape index (κ3) is 4.50. The average molecular weight is 422 g/mol. The standard InChI is InChI=1S/C22H26N6O3/c1-27(2)22-24-14-17(15-8-10-23-11-9-15)21(25-22)18-5-4-12-28(18)20(29)7-6-16-13-19(30-3)26-31-16/h8-11,13-14,18H,4-7,12H2,1-3H3. The lowest BCUT2D eigenvalue weighted by molar-refractivity contribution is -0.132. The van der Waals surface area contributed by atoms with Crippen molar-refractivity contribution in [2.24, 2.45) is 0 Å². The van der Waals surface area contributed by atoms with Crippen molar-refractivity contribution in [2.45, 2.75) is 31.7 Å². The van der Waals surface area contributed by atoms with Crippen molar-refractivity contribution in [2.75, 3.05) is 32.6 Å². The van der Waals surface area contributed by atoms with Gasteiger partial charge in [0, 0.05) is 63.7 Å². The summed E-state index contributed by atoms with van der Waals surface area (Å²) in [6, 6.07) is 5.50. The fraction of sp³-hybridized carbons (Fsp3) is 0.409. The molecule has 0 bridgehead atoms. The summed E-state index contributed by atoms with van der Waals surface area (Å²) in [6.07, 6.45) is 7.96. The maximum Gasteiger partial charge on any atom is 0.254 e. The number of carbonyl (C=O) groups is 1. The van der Waals surface area contributed by atoms with Crippen LogP contribution >= 0.6 is 0 Å². The van der Waals surface area contributed by atoms with Gasteiger partial charge in [0.25, 0.3) is 5.88 Å². The van der Waals surface area contributed by atoms with Crippen LogP contribution in [0.4, 0.5) is 5.95 Å². The van der Waals surface area contributed by atoms with Gasteiger partial charge in [0.1, 0.15) is 5.76 Å². The van der Waals surface area contributed by atoms with Crippen molar-refractivity contribution < 1.29 is 14.1 Å². The molecule has 9 nitrogen and oxygen atoms in total. The second kappa shape index (κ2) is 9.11. The number of pyridine rings is 1. The molecule has 0 N–H and O–H groups in total. The molecule has 1 amide bonds. The molecule has 0 aliphatic carbocycles. The first-order valence-electron chi connectivity index (χ1n) is 10.3. The number of hydrogen-bond acceptors (Lipinski definition) is 8. The molecule has 1 fully saturated rings. The van der Waals surface area contributed by atoms with Crippen LogP contribution in [0.15, 0.2) is 41.3 Å². The van der Waals surface area contributed by atoms with E-state index in [1.807, 2.05) is 42.2 Å². The van der Waals surface area contributed by atoms with Crippen molar-refractivity contribution in [1.29, 1.82) is 0 Å². The summed E-state index contributed by atoms with van der Waals surface area (Å²) in [5, 5.41) is 3.80. The molecule has 4 heterocycles. The highest BCUT2D eigenvalue weighted by Crippen LogP contribution is 2.37. The molecule has 31 heavy (non-hydrogen) atoms. The van der Waals surface area contributed by atoms with Crippen molar-refractivity contribution >= 4 is 11.9 Å². The summed E-state index contributed by atoms with van der Waals surface area (Å²) in [7, 11) is 5.36. The second-order valence-electron chi connectivity index (χ2n) is 7.68. The van der Waals surface area contributed by atoms with Crippen molar-refractivity contribution in [3.63, 3.8) is 0 Å². The largest absolute Gasteiger partial charge is 0.479 e. The van der Waals surface area contributed by atoms with E-state index in [0.717, 1.165) is 29.7 Å². The van der Waals surface area contributed by atoms with E-state index in [1.54, 1.807) is 18.5 Å². The number of carbonyl (C=O) groups excluding carboxylic acids is 1. The summed E-state index contributed by atoms with van der Waals surface area (Å²) in [6.45, 7) is 0.709. The zero-order chi connectivity index (χ0) is 21.8. The Morgan fingerprint density at radius 2 is 2.13 bits per heavy atom. The molecule has 1 aliphatic heterocycles. The molecule has 162 valence electrons. The number of likely N-dealkylation sites (tertiary alicyclic amines) is 1. The lowest BCUT2D eigenvalue weighted by Crippen LogP contribution is -2.31. The molecule has 1 atom stereocenters. The van der Waals surface area contributed by atoms with Gasteiger partial charge < -0.3 is 19.1 Å².